The molecule has 0 radical (unpaired) electrons. The SMILES string of the molecule is COc1cc(/C=C2/C(=N)N3C(c4ccccc4)=CSC3=NC2=O)ccc1OCCCOc1ccc(C)cc1. The molecule has 2 aliphatic rings. The Kier molecular flexibility index (Phi) is 7.60. The van der Waals surface area contributed by atoms with Crippen molar-refractivity contribution in [1.82, 2.24) is 4.90 Å². The molecule has 192 valence electrons. The number of rotatable bonds is 9. The van der Waals surface area contributed by atoms with E-state index in [0.717, 1.165) is 17.0 Å². The van der Waals surface area contributed by atoms with Crippen molar-refractivity contribution < 1.29 is 19.0 Å². The van der Waals surface area contributed by atoms with Gasteiger partial charge in [0, 0.05) is 11.8 Å². The predicted molar refractivity (Wildman–Crippen MR) is 152 cm³/mol. The van der Waals surface area contributed by atoms with Crippen molar-refractivity contribution in [1.29, 1.82) is 5.41 Å². The molecular weight excluding hydrogens is 498 g/mol. The third kappa shape index (κ3) is 5.50. The molecule has 0 fully saturated rings. The number of benzene rings is 3. The number of fused-ring (bicyclic) bond motifs is 1. The van der Waals surface area contributed by atoms with E-state index in [1.165, 1.54) is 17.3 Å². The first-order chi connectivity index (χ1) is 18.5. The molecule has 0 bridgehead atoms. The summed E-state index contributed by atoms with van der Waals surface area (Å²) in [5.41, 5.74) is 3.89. The van der Waals surface area contributed by atoms with Gasteiger partial charge in [-0.15, -0.1) is 0 Å². The van der Waals surface area contributed by atoms with Gasteiger partial charge in [-0.1, -0.05) is 65.9 Å². The number of carbonyl (C=O) groups is 1. The summed E-state index contributed by atoms with van der Waals surface area (Å²) < 4.78 is 17.2. The Hall–Kier alpha value is -4.30. The standard InChI is InChI=1S/C30H27N3O4S/c1-20-9-12-23(13-10-20)36-15-6-16-37-26-14-11-21(18-27(26)35-2)17-24-28(31)33-25(22-7-4-3-5-8-22)19-38-30(33)32-29(24)34/h3-5,7-14,17-19,31H,6,15-16H2,1-2H3/b24-17-,31-28?. The Labute approximate surface area is 225 Å². The van der Waals surface area contributed by atoms with Crippen molar-refractivity contribution >= 4 is 40.4 Å². The van der Waals surface area contributed by atoms with Crippen LogP contribution >= 0.6 is 11.8 Å². The third-order valence-electron chi connectivity index (χ3n) is 6.02. The number of aliphatic imine (C=N–C) groups is 1. The number of ether oxygens (including phenoxy) is 3. The first-order valence-corrected chi connectivity index (χ1v) is 13.1. The molecule has 0 atom stereocenters. The highest BCUT2D eigenvalue weighted by molar-refractivity contribution is 8.17. The quantitative estimate of drug-likeness (QED) is 0.266. The lowest BCUT2D eigenvalue weighted by Crippen LogP contribution is -2.38. The molecule has 3 aromatic carbocycles. The van der Waals surface area contributed by atoms with Crippen LogP contribution in [0.15, 0.2) is 88.8 Å². The van der Waals surface area contributed by atoms with Crippen LogP contribution in [0.5, 0.6) is 17.2 Å². The molecule has 7 nitrogen and oxygen atoms in total. The van der Waals surface area contributed by atoms with Crippen molar-refractivity contribution in [2.75, 3.05) is 20.3 Å². The van der Waals surface area contributed by atoms with Gasteiger partial charge in [-0.05, 0) is 48.4 Å². The molecule has 3 aromatic rings. The van der Waals surface area contributed by atoms with Gasteiger partial charge in [-0.25, -0.2) is 0 Å². The summed E-state index contributed by atoms with van der Waals surface area (Å²) in [7, 11) is 1.57. The zero-order chi connectivity index (χ0) is 26.5. The van der Waals surface area contributed by atoms with Crippen LogP contribution in [0, 0.1) is 12.3 Å². The summed E-state index contributed by atoms with van der Waals surface area (Å²) in [6.45, 7) is 3.04. The van der Waals surface area contributed by atoms with Crippen LogP contribution in [0.25, 0.3) is 11.8 Å². The molecule has 0 saturated heterocycles. The highest BCUT2D eigenvalue weighted by Gasteiger charge is 2.36. The van der Waals surface area contributed by atoms with E-state index < -0.39 is 5.91 Å². The molecule has 0 unspecified atom stereocenters. The second kappa shape index (κ2) is 11.4. The molecule has 8 heteroatoms. The summed E-state index contributed by atoms with van der Waals surface area (Å²) in [6, 6.07) is 23.1. The maximum Gasteiger partial charge on any atom is 0.283 e. The van der Waals surface area contributed by atoms with Crippen LogP contribution in [0.2, 0.25) is 0 Å². The second-order valence-electron chi connectivity index (χ2n) is 8.70. The first-order valence-electron chi connectivity index (χ1n) is 12.2. The van der Waals surface area contributed by atoms with Crippen molar-refractivity contribution in [3.63, 3.8) is 0 Å². The Morgan fingerprint density at radius 2 is 1.74 bits per heavy atom. The number of aryl methyl sites for hydroxylation is 1. The van der Waals surface area contributed by atoms with Gasteiger partial charge < -0.3 is 14.2 Å². The first kappa shape index (κ1) is 25.4. The number of thioether (sulfide) groups is 1. The molecule has 2 heterocycles. The second-order valence-corrected chi connectivity index (χ2v) is 9.54. The topological polar surface area (TPSA) is 84.2 Å². The van der Waals surface area contributed by atoms with Crippen molar-refractivity contribution in [3.05, 3.63) is 100 Å². The zero-order valence-electron chi connectivity index (χ0n) is 21.1. The number of amides is 1. The van der Waals surface area contributed by atoms with Gasteiger partial charge in [0.1, 0.15) is 11.6 Å². The summed E-state index contributed by atoms with van der Waals surface area (Å²) in [5.74, 6) is 1.63. The fraction of sp³-hybridized carbons (Fsp3) is 0.167. The number of methoxy groups -OCH3 is 1. The van der Waals surface area contributed by atoms with E-state index >= 15 is 0 Å². The third-order valence-corrected chi connectivity index (χ3v) is 6.84. The highest BCUT2D eigenvalue weighted by atomic mass is 32.2. The number of nitrogens with one attached hydrogen (secondary N) is 1. The Balaban J connectivity index is 1.26. The molecule has 5 rings (SSSR count). The number of nitrogens with zero attached hydrogens (tertiary/aromatic N) is 2. The molecular formula is C30H27N3O4S. The van der Waals surface area contributed by atoms with E-state index in [9.17, 15) is 4.79 Å². The van der Waals surface area contributed by atoms with Crippen molar-refractivity contribution in [2.45, 2.75) is 13.3 Å². The minimum Gasteiger partial charge on any atom is -0.493 e. The average Bonchev–Trinajstić information content (AvgIpc) is 3.36. The van der Waals surface area contributed by atoms with Gasteiger partial charge in [0.25, 0.3) is 5.91 Å². The maximum absolute atomic E-state index is 12.8. The number of hydrogen-bond acceptors (Lipinski definition) is 6. The van der Waals surface area contributed by atoms with Crippen LogP contribution in [0.1, 0.15) is 23.1 Å². The molecule has 0 spiro atoms. The fourth-order valence-electron chi connectivity index (χ4n) is 4.04. The largest absolute Gasteiger partial charge is 0.493 e. The molecule has 38 heavy (non-hydrogen) atoms. The van der Waals surface area contributed by atoms with E-state index in [-0.39, 0.29) is 11.4 Å². The summed E-state index contributed by atoms with van der Waals surface area (Å²) >= 11 is 1.34. The smallest absolute Gasteiger partial charge is 0.283 e. The molecule has 1 amide bonds. The summed E-state index contributed by atoms with van der Waals surface area (Å²) in [6.07, 6.45) is 2.37. The minimum absolute atomic E-state index is 0.0907. The fourth-order valence-corrected chi connectivity index (χ4v) is 4.93. The molecule has 0 aromatic heterocycles. The van der Waals surface area contributed by atoms with Gasteiger partial charge in [0.15, 0.2) is 16.7 Å². The van der Waals surface area contributed by atoms with E-state index in [2.05, 4.69) is 4.99 Å². The lowest BCUT2D eigenvalue weighted by molar-refractivity contribution is -0.114. The van der Waals surface area contributed by atoms with Crippen LogP contribution in [-0.4, -0.2) is 42.1 Å². The van der Waals surface area contributed by atoms with Gasteiger partial charge in [-0.3, -0.25) is 15.1 Å². The molecule has 0 saturated carbocycles. The van der Waals surface area contributed by atoms with Crippen LogP contribution in [-0.2, 0) is 4.79 Å². The van der Waals surface area contributed by atoms with E-state index in [1.54, 1.807) is 30.2 Å². The summed E-state index contributed by atoms with van der Waals surface area (Å²) in [5, 5.41) is 11.2. The predicted octanol–water partition coefficient (Wildman–Crippen LogP) is 6.16. The van der Waals surface area contributed by atoms with Gasteiger partial charge in [0.2, 0.25) is 0 Å². The van der Waals surface area contributed by atoms with E-state index in [0.29, 0.717) is 41.9 Å². The number of amidine groups is 2. The molecule has 2 aliphatic heterocycles. The average molecular weight is 526 g/mol. The molecule has 1 N–H and O–H groups in total. The van der Waals surface area contributed by atoms with Crippen LogP contribution in [0.3, 0.4) is 0 Å². The van der Waals surface area contributed by atoms with Gasteiger partial charge in [0.05, 0.1) is 31.6 Å². The van der Waals surface area contributed by atoms with E-state index in [4.69, 9.17) is 19.6 Å². The highest BCUT2D eigenvalue weighted by Crippen LogP contribution is 2.37. The lowest BCUT2D eigenvalue weighted by Gasteiger charge is -2.27. The van der Waals surface area contributed by atoms with Crippen LogP contribution in [0.4, 0.5) is 0 Å². The van der Waals surface area contributed by atoms with Gasteiger partial charge in [-0.2, -0.15) is 4.99 Å². The van der Waals surface area contributed by atoms with Gasteiger partial charge >= 0.3 is 0 Å². The zero-order valence-corrected chi connectivity index (χ0v) is 22.0. The van der Waals surface area contributed by atoms with Crippen molar-refractivity contribution in [3.8, 4) is 17.2 Å². The van der Waals surface area contributed by atoms with Crippen LogP contribution < -0.4 is 14.2 Å². The molecule has 0 aliphatic carbocycles. The monoisotopic (exact) mass is 525 g/mol. The Bertz CT molecular complexity index is 1450. The summed E-state index contributed by atoms with van der Waals surface area (Å²) in [4.78, 5) is 18.7. The Morgan fingerprint density at radius 1 is 0.974 bits per heavy atom. The van der Waals surface area contributed by atoms with E-state index in [1.807, 2.05) is 73.0 Å². The lowest BCUT2D eigenvalue weighted by atomic mass is 10.1. The maximum atomic E-state index is 12.8. The Morgan fingerprint density at radius 3 is 2.50 bits per heavy atom. The normalized spacial score (nSPS) is 15.7. The number of carbonyl (C=O) groups excluding carboxylic acids is 1. The minimum atomic E-state index is -0.440. The van der Waals surface area contributed by atoms with Crippen molar-refractivity contribution in [2.24, 2.45) is 4.99 Å². The number of hydrogen-bond donors (Lipinski definition) is 1.